The van der Waals surface area contributed by atoms with E-state index in [-0.39, 0.29) is 0 Å². The van der Waals surface area contributed by atoms with E-state index in [1.165, 1.54) is 19.3 Å². The molecule has 1 aromatic heterocycles. The van der Waals surface area contributed by atoms with Crippen LogP contribution in [0, 0.1) is 5.41 Å². The average molecular weight is 200 g/mol. The van der Waals surface area contributed by atoms with Gasteiger partial charge in [0.15, 0.2) is 0 Å². The van der Waals surface area contributed by atoms with Gasteiger partial charge < -0.3 is 4.57 Å². The van der Waals surface area contributed by atoms with E-state index in [0.29, 0.717) is 16.7 Å². The van der Waals surface area contributed by atoms with Crippen LogP contribution in [0.3, 0.4) is 0 Å². The molecule has 4 heteroatoms. The largest absolute Gasteiger partial charge is 0.301 e. The summed E-state index contributed by atoms with van der Waals surface area (Å²) in [6, 6.07) is 0.498. The monoisotopic (exact) mass is 199 g/mol. The van der Waals surface area contributed by atoms with Crippen molar-refractivity contribution >= 4 is 11.6 Å². The fraction of sp³-hybridized carbons (Fsp3) is 0.778. The fourth-order valence-electron chi connectivity index (χ4n) is 2.11. The molecule has 1 aromatic rings. The number of hydrogen-bond acceptors (Lipinski definition) is 2. The molecule has 1 atom stereocenters. The van der Waals surface area contributed by atoms with Gasteiger partial charge in [-0.1, -0.05) is 13.8 Å². The summed E-state index contributed by atoms with van der Waals surface area (Å²) < 4.78 is 1.98. The highest BCUT2D eigenvalue weighted by Gasteiger charge is 2.32. The van der Waals surface area contributed by atoms with Crippen molar-refractivity contribution in [1.82, 2.24) is 14.8 Å². The minimum Gasteiger partial charge on any atom is -0.301 e. The number of aromatic nitrogens is 3. The molecular weight excluding hydrogens is 186 g/mol. The Bertz CT molecular complexity index is 306. The van der Waals surface area contributed by atoms with E-state index in [2.05, 4.69) is 24.0 Å². The van der Waals surface area contributed by atoms with Crippen molar-refractivity contribution in [2.24, 2.45) is 5.41 Å². The second-order valence-electron chi connectivity index (χ2n) is 4.57. The van der Waals surface area contributed by atoms with Gasteiger partial charge in [-0.15, -0.1) is 10.2 Å². The molecule has 1 aliphatic carbocycles. The standard InChI is InChI=1S/C9H14ClN3/c1-9(2)4-3-7(5-9)13-6-11-12-8(13)10/h6-7H,3-5H2,1-2H3. The van der Waals surface area contributed by atoms with Gasteiger partial charge in [0.05, 0.1) is 0 Å². The molecule has 0 amide bonds. The highest BCUT2D eigenvalue weighted by Crippen LogP contribution is 2.43. The molecule has 0 aromatic carbocycles. The lowest BCUT2D eigenvalue weighted by molar-refractivity contribution is 0.358. The van der Waals surface area contributed by atoms with Crippen LogP contribution in [0.25, 0.3) is 0 Å². The quantitative estimate of drug-likeness (QED) is 0.696. The molecule has 2 rings (SSSR count). The van der Waals surface area contributed by atoms with E-state index in [4.69, 9.17) is 11.6 Å². The summed E-state index contributed by atoms with van der Waals surface area (Å²) in [7, 11) is 0. The lowest BCUT2D eigenvalue weighted by atomic mass is 9.92. The topological polar surface area (TPSA) is 30.7 Å². The minimum atomic E-state index is 0.443. The first-order valence-corrected chi connectivity index (χ1v) is 5.01. The zero-order valence-electron chi connectivity index (χ0n) is 8.00. The summed E-state index contributed by atoms with van der Waals surface area (Å²) in [6.07, 6.45) is 5.34. The Morgan fingerprint density at radius 2 is 2.38 bits per heavy atom. The van der Waals surface area contributed by atoms with Crippen molar-refractivity contribution in [2.45, 2.75) is 39.2 Å². The third-order valence-corrected chi connectivity index (χ3v) is 3.14. The minimum absolute atomic E-state index is 0.443. The number of hydrogen-bond donors (Lipinski definition) is 0. The zero-order chi connectivity index (χ0) is 9.47. The van der Waals surface area contributed by atoms with Crippen LogP contribution in [0.15, 0.2) is 6.33 Å². The first kappa shape index (κ1) is 9.00. The van der Waals surface area contributed by atoms with E-state index >= 15 is 0 Å². The van der Waals surface area contributed by atoms with Crippen molar-refractivity contribution in [3.63, 3.8) is 0 Å². The summed E-state index contributed by atoms with van der Waals surface area (Å²) in [5, 5.41) is 8.10. The SMILES string of the molecule is CC1(C)CCC(n2cnnc2Cl)C1. The molecule has 13 heavy (non-hydrogen) atoms. The maximum absolute atomic E-state index is 5.90. The number of halogens is 1. The second-order valence-corrected chi connectivity index (χ2v) is 4.91. The van der Waals surface area contributed by atoms with E-state index < -0.39 is 0 Å². The Kier molecular flexibility index (Phi) is 2.06. The molecular formula is C9H14ClN3. The highest BCUT2D eigenvalue weighted by atomic mass is 35.5. The van der Waals surface area contributed by atoms with E-state index in [1.807, 2.05) is 4.57 Å². The molecule has 1 saturated carbocycles. The van der Waals surface area contributed by atoms with Gasteiger partial charge in [0.2, 0.25) is 5.28 Å². The maximum Gasteiger partial charge on any atom is 0.225 e. The van der Waals surface area contributed by atoms with Gasteiger partial charge in [-0.05, 0) is 36.3 Å². The molecule has 0 N–H and O–H groups in total. The van der Waals surface area contributed by atoms with Crippen molar-refractivity contribution in [1.29, 1.82) is 0 Å². The molecule has 1 fully saturated rings. The Morgan fingerprint density at radius 3 is 2.85 bits per heavy atom. The van der Waals surface area contributed by atoms with Crippen LogP contribution < -0.4 is 0 Å². The van der Waals surface area contributed by atoms with E-state index in [0.717, 1.165) is 0 Å². The van der Waals surface area contributed by atoms with Crippen molar-refractivity contribution < 1.29 is 0 Å². The zero-order valence-corrected chi connectivity index (χ0v) is 8.75. The maximum atomic E-state index is 5.90. The molecule has 0 bridgehead atoms. The Balaban J connectivity index is 2.17. The Labute approximate surface area is 83.1 Å². The first-order valence-electron chi connectivity index (χ1n) is 4.63. The smallest absolute Gasteiger partial charge is 0.225 e. The van der Waals surface area contributed by atoms with Crippen LogP contribution in [0.4, 0.5) is 0 Å². The van der Waals surface area contributed by atoms with Crippen LogP contribution in [0.1, 0.15) is 39.2 Å². The predicted molar refractivity (Wildman–Crippen MR) is 51.7 cm³/mol. The predicted octanol–water partition coefficient (Wildman–Crippen LogP) is 2.68. The lowest BCUT2D eigenvalue weighted by Crippen LogP contribution is -2.08. The molecule has 0 spiro atoms. The normalized spacial score (nSPS) is 26.5. The molecule has 1 unspecified atom stereocenters. The Morgan fingerprint density at radius 1 is 1.62 bits per heavy atom. The van der Waals surface area contributed by atoms with Gasteiger partial charge in [0, 0.05) is 6.04 Å². The summed E-state index contributed by atoms with van der Waals surface area (Å²) in [5.74, 6) is 0. The summed E-state index contributed by atoms with van der Waals surface area (Å²) in [4.78, 5) is 0. The van der Waals surface area contributed by atoms with Gasteiger partial charge in [0.25, 0.3) is 0 Å². The van der Waals surface area contributed by atoms with Crippen LogP contribution in [-0.2, 0) is 0 Å². The third kappa shape index (κ3) is 1.70. The third-order valence-electron chi connectivity index (χ3n) is 2.87. The van der Waals surface area contributed by atoms with Crippen LogP contribution >= 0.6 is 11.6 Å². The van der Waals surface area contributed by atoms with Gasteiger partial charge in [0.1, 0.15) is 6.33 Å². The van der Waals surface area contributed by atoms with Crippen LogP contribution in [0.5, 0.6) is 0 Å². The van der Waals surface area contributed by atoms with E-state index in [1.54, 1.807) is 6.33 Å². The van der Waals surface area contributed by atoms with Gasteiger partial charge in [-0.2, -0.15) is 0 Å². The molecule has 1 heterocycles. The second kappa shape index (κ2) is 2.98. The average Bonchev–Trinajstić information content (AvgIpc) is 2.56. The fourth-order valence-corrected chi connectivity index (χ4v) is 2.34. The van der Waals surface area contributed by atoms with Crippen molar-refractivity contribution in [3.05, 3.63) is 11.6 Å². The molecule has 0 saturated heterocycles. The van der Waals surface area contributed by atoms with Crippen molar-refractivity contribution in [3.8, 4) is 0 Å². The van der Waals surface area contributed by atoms with Crippen molar-refractivity contribution in [2.75, 3.05) is 0 Å². The van der Waals surface area contributed by atoms with Gasteiger partial charge >= 0.3 is 0 Å². The number of nitrogens with zero attached hydrogens (tertiary/aromatic N) is 3. The van der Waals surface area contributed by atoms with E-state index in [9.17, 15) is 0 Å². The lowest BCUT2D eigenvalue weighted by Gasteiger charge is -2.17. The molecule has 72 valence electrons. The molecule has 0 aliphatic heterocycles. The molecule has 3 nitrogen and oxygen atoms in total. The number of rotatable bonds is 1. The van der Waals surface area contributed by atoms with Gasteiger partial charge in [-0.3, -0.25) is 0 Å². The van der Waals surface area contributed by atoms with Crippen LogP contribution in [0.2, 0.25) is 5.28 Å². The first-order chi connectivity index (χ1) is 6.08. The summed E-state index contributed by atoms with van der Waals surface area (Å²) >= 11 is 5.90. The molecule has 1 aliphatic rings. The van der Waals surface area contributed by atoms with Crippen LogP contribution in [-0.4, -0.2) is 14.8 Å². The summed E-state index contributed by atoms with van der Waals surface area (Å²) in [6.45, 7) is 4.59. The Hall–Kier alpha value is -0.570. The molecule has 0 radical (unpaired) electrons. The van der Waals surface area contributed by atoms with Gasteiger partial charge in [-0.25, -0.2) is 0 Å². The summed E-state index contributed by atoms with van der Waals surface area (Å²) in [5.41, 5.74) is 0.443. The highest BCUT2D eigenvalue weighted by molar-refractivity contribution is 6.28.